The van der Waals surface area contributed by atoms with E-state index in [1.807, 2.05) is 42.3 Å². The standard InChI is InChI=1S/C23H32FN5O/c1-25-23(26-13-7-15-29(4)21-11-6-10-20(24)17-21)27-14-12-18-8-5-9-19(16-18)22(30)28(2)3/h5-6,8-11,16-17H,7,12-15H2,1-4H3,(H2,25,26,27). The molecule has 0 aliphatic carbocycles. The molecule has 0 saturated heterocycles. The molecule has 0 radical (unpaired) electrons. The van der Waals surface area contributed by atoms with Crippen LogP contribution in [-0.2, 0) is 6.42 Å². The molecule has 0 aliphatic heterocycles. The van der Waals surface area contributed by atoms with Crippen molar-refractivity contribution in [2.45, 2.75) is 12.8 Å². The second-order valence-corrected chi connectivity index (χ2v) is 7.33. The van der Waals surface area contributed by atoms with E-state index in [-0.39, 0.29) is 11.7 Å². The van der Waals surface area contributed by atoms with Crippen LogP contribution in [0.1, 0.15) is 22.3 Å². The number of amides is 1. The van der Waals surface area contributed by atoms with Crippen LogP contribution in [0.15, 0.2) is 53.5 Å². The Labute approximate surface area is 178 Å². The van der Waals surface area contributed by atoms with Gasteiger partial charge in [0, 0.05) is 59.1 Å². The molecule has 0 unspecified atom stereocenters. The topological polar surface area (TPSA) is 60.0 Å². The van der Waals surface area contributed by atoms with E-state index >= 15 is 0 Å². The zero-order valence-electron chi connectivity index (χ0n) is 18.3. The summed E-state index contributed by atoms with van der Waals surface area (Å²) < 4.78 is 13.3. The Kier molecular flexibility index (Phi) is 9.12. The van der Waals surface area contributed by atoms with Gasteiger partial charge in [-0.25, -0.2) is 4.39 Å². The van der Waals surface area contributed by atoms with Crippen LogP contribution in [0.4, 0.5) is 10.1 Å². The van der Waals surface area contributed by atoms with Crippen molar-refractivity contribution < 1.29 is 9.18 Å². The van der Waals surface area contributed by atoms with E-state index in [1.165, 1.54) is 12.1 Å². The third kappa shape index (κ3) is 7.39. The highest BCUT2D eigenvalue weighted by Gasteiger charge is 2.08. The Hall–Kier alpha value is -3.09. The first-order valence-corrected chi connectivity index (χ1v) is 10.1. The van der Waals surface area contributed by atoms with Crippen molar-refractivity contribution in [2.24, 2.45) is 4.99 Å². The minimum absolute atomic E-state index is 0.00509. The molecule has 0 heterocycles. The number of halogens is 1. The van der Waals surface area contributed by atoms with Gasteiger partial charge in [0.25, 0.3) is 5.91 Å². The van der Waals surface area contributed by atoms with Gasteiger partial charge in [-0.15, -0.1) is 0 Å². The molecule has 0 fully saturated rings. The van der Waals surface area contributed by atoms with Crippen LogP contribution >= 0.6 is 0 Å². The van der Waals surface area contributed by atoms with Gasteiger partial charge in [-0.2, -0.15) is 0 Å². The average molecular weight is 414 g/mol. The van der Waals surface area contributed by atoms with Gasteiger partial charge < -0.3 is 20.4 Å². The van der Waals surface area contributed by atoms with Crippen molar-refractivity contribution >= 4 is 17.6 Å². The monoisotopic (exact) mass is 413 g/mol. The number of hydrogen-bond donors (Lipinski definition) is 2. The zero-order valence-corrected chi connectivity index (χ0v) is 18.3. The summed E-state index contributed by atoms with van der Waals surface area (Å²) in [7, 11) is 7.20. The van der Waals surface area contributed by atoms with Gasteiger partial charge in [0.2, 0.25) is 0 Å². The smallest absolute Gasteiger partial charge is 0.253 e. The molecule has 0 aromatic heterocycles. The molecule has 0 atom stereocenters. The van der Waals surface area contributed by atoms with Crippen LogP contribution < -0.4 is 15.5 Å². The number of hydrogen-bond acceptors (Lipinski definition) is 3. The first-order valence-electron chi connectivity index (χ1n) is 10.1. The van der Waals surface area contributed by atoms with Crippen molar-refractivity contribution in [1.29, 1.82) is 0 Å². The van der Waals surface area contributed by atoms with Gasteiger partial charge in [0.1, 0.15) is 5.82 Å². The van der Waals surface area contributed by atoms with E-state index in [9.17, 15) is 9.18 Å². The molecule has 2 aromatic rings. The highest BCUT2D eigenvalue weighted by Crippen LogP contribution is 2.13. The Balaban J connectivity index is 1.71. The number of benzene rings is 2. The zero-order chi connectivity index (χ0) is 21.9. The Bertz CT molecular complexity index is 853. The van der Waals surface area contributed by atoms with E-state index in [1.54, 1.807) is 32.1 Å². The lowest BCUT2D eigenvalue weighted by molar-refractivity contribution is 0.0827. The average Bonchev–Trinajstić information content (AvgIpc) is 2.74. The van der Waals surface area contributed by atoms with Crippen LogP contribution in [0.2, 0.25) is 0 Å². The largest absolute Gasteiger partial charge is 0.374 e. The number of guanidine groups is 1. The molecule has 30 heavy (non-hydrogen) atoms. The van der Waals surface area contributed by atoms with Crippen molar-refractivity contribution in [2.75, 3.05) is 52.7 Å². The molecule has 2 rings (SSSR count). The highest BCUT2D eigenvalue weighted by atomic mass is 19.1. The van der Waals surface area contributed by atoms with E-state index in [0.717, 1.165) is 43.1 Å². The molecule has 6 nitrogen and oxygen atoms in total. The fourth-order valence-electron chi connectivity index (χ4n) is 3.03. The Morgan fingerprint density at radius 2 is 1.77 bits per heavy atom. The molecule has 0 spiro atoms. The lowest BCUT2D eigenvalue weighted by atomic mass is 10.1. The van der Waals surface area contributed by atoms with Crippen molar-refractivity contribution in [3.8, 4) is 0 Å². The quantitative estimate of drug-likeness (QED) is 0.377. The van der Waals surface area contributed by atoms with Gasteiger partial charge >= 0.3 is 0 Å². The SMILES string of the molecule is CN=C(NCCCN(C)c1cccc(F)c1)NCCc1cccc(C(=O)N(C)C)c1. The molecule has 2 aromatic carbocycles. The molecular weight excluding hydrogens is 381 g/mol. The lowest BCUT2D eigenvalue weighted by Crippen LogP contribution is -2.39. The van der Waals surface area contributed by atoms with Crippen molar-refractivity contribution in [1.82, 2.24) is 15.5 Å². The summed E-state index contributed by atoms with van der Waals surface area (Å²) in [4.78, 5) is 19.9. The maximum absolute atomic E-state index is 13.3. The minimum atomic E-state index is -0.223. The number of carbonyl (C=O) groups excluding carboxylic acids is 1. The summed E-state index contributed by atoms with van der Waals surface area (Å²) in [5.74, 6) is 0.521. The van der Waals surface area contributed by atoms with Crippen molar-refractivity contribution in [3.63, 3.8) is 0 Å². The summed E-state index contributed by atoms with van der Waals surface area (Å²) in [5.41, 5.74) is 2.66. The predicted molar refractivity (Wildman–Crippen MR) is 122 cm³/mol. The van der Waals surface area contributed by atoms with Gasteiger partial charge in [-0.3, -0.25) is 9.79 Å². The molecule has 1 amide bonds. The summed E-state index contributed by atoms with van der Waals surface area (Å²) in [6, 6.07) is 14.3. The second-order valence-electron chi connectivity index (χ2n) is 7.33. The fraction of sp³-hybridized carbons (Fsp3) is 0.391. The summed E-state index contributed by atoms with van der Waals surface area (Å²) in [6.07, 6.45) is 1.68. The van der Waals surface area contributed by atoms with Gasteiger partial charge in [0.05, 0.1) is 0 Å². The maximum atomic E-state index is 13.3. The molecular formula is C23H32FN5O. The van der Waals surface area contributed by atoms with Crippen LogP contribution in [0.25, 0.3) is 0 Å². The third-order valence-corrected chi connectivity index (χ3v) is 4.72. The predicted octanol–water partition coefficient (Wildman–Crippen LogP) is 2.76. The molecule has 2 N–H and O–H groups in total. The van der Waals surface area contributed by atoms with E-state index < -0.39 is 0 Å². The van der Waals surface area contributed by atoms with Crippen molar-refractivity contribution in [3.05, 3.63) is 65.5 Å². The van der Waals surface area contributed by atoms with Crippen LogP contribution in [0, 0.1) is 5.82 Å². The van der Waals surface area contributed by atoms with Gasteiger partial charge in [-0.05, 0) is 48.7 Å². The van der Waals surface area contributed by atoms with Gasteiger partial charge in [0.15, 0.2) is 5.96 Å². The molecule has 162 valence electrons. The maximum Gasteiger partial charge on any atom is 0.253 e. The number of nitrogens with one attached hydrogen (secondary N) is 2. The Morgan fingerprint density at radius 3 is 2.47 bits per heavy atom. The highest BCUT2D eigenvalue weighted by molar-refractivity contribution is 5.94. The van der Waals surface area contributed by atoms with Crippen LogP contribution in [0.5, 0.6) is 0 Å². The first-order chi connectivity index (χ1) is 14.4. The number of nitrogens with zero attached hydrogens (tertiary/aromatic N) is 3. The van der Waals surface area contributed by atoms with Crippen LogP contribution in [0.3, 0.4) is 0 Å². The van der Waals surface area contributed by atoms with E-state index in [2.05, 4.69) is 15.6 Å². The number of carbonyl (C=O) groups is 1. The molecule has 7 heteroatoms. The molecule has 0 saturated carbocycles. The number of aliphatic imine (C=N–C) groups is 1. The summed E-state index contributed by atoms with van der Waals surface area (Å²) in [5, 5.41) is 6.59. The lowest BCUT2D eigenvalue weighted by Gasteiger charge is -2.20. The fourth-order valence-corrected chi connectivity index (χ4v) is 3.03. The molecule has 0 bridgehead atoms. The molecule has 0 aliphatic rings. The van der Waals surface area contributed by atoms with Gasteiger partial charge in [-0.1, -0.05) is 18.2 Å². The normalized spacial score (nSPS) is 11.2. The Morgan fingerprint density at radius 1 is 1.03 bits per heavy atom. The van der Waals surface area contributed by atoms with E-state index in [4.69, 9.17) is 0 Å². The van der Waals surface area contributed by atoms with E-state index in [0.29, 0.717) is 12.1 Å². The summed E-state index contributed by atoms with van der Waals surface area (Å²) in [6.45, 7) is 2.27. The second kappa shape index (κ2) is 11.8. The summed E-state index contributed by atoms with van der Waals surface area (Å²) >= 11 is 0. The number of rotatable bonds is 9. The first kappa shape index (κ1) is 23.2. The third-order valence-electron chi connectivity index (χ3n) is 4.72. The van der Waals surface area contributed by atoms with Crippen LogP contribution in [-0.4, -0.2) is 64.6 Å². The number of anilines is 1. The minimum Gasteiger partial charge on any atom is -0.374 e.